The molecule has 0 radical (unpaired) electrons. The van der Waals surface area contributed by atoms with Gasteiger partial charge in [0.2, 0.25) is 11.8 Å². The summed E-state index contributed by atoms with van der Waals surface area (Å²) in [5.41, 5.74) is 3.65. The van der Waals surface area contributed by atoms with Gasteiger partial charge in [0.1, 0.15) is 17.5 Å². The first-order chi connectivity index (χ1) is 15.5. The maximum absolute atomic E-state index is 12.9. The zero-order valence-electron chi connectivity index (χ0n) is 17.4. The van der Waals surface area contributed by atoms with Crippen LogP contribution in [0.3, 0.4) is 0 Å². The van der Waals surface area contributed by atoms with Crippen LogP contribution < -0.4 is 10.1 Å². The average molecular weight is 431 g/mol. The van der Waals surface area contributed by atoms with Gasteiger partial charge in [0.05, 0.1) is 18.5 Å². The third-order valence-electron chi connectivity index (χ3n) is 5.73. The molecular weight excluding hydrogens is 410 g/mol. The number of fused-ring (bicyclic) bond motifs is 1. The van der Waals surface area contributed by atoms with E-state index in [0.29, 0.717) is 30.8 Å². The van der Waals surface area contributed by atoms with Crippen LogP contribution in [0.1, 0.15) is 35.7 Å². The molecule has 1 N–H and O–H groups in total. The van der Waals surface area contributed by atoms with Gasteiger partial charge in [0.15, 0.2) is 0 Å². The summed E-state index contributed by atoms with van der Waals surface area (Å²) in [4.78, 5) is 38.1. The topological polar surface area (TPSA) is 106 Å². The second kappa shape index (κ2) is 7.92. The van der Waals surface area contributed by atoms with E-state index in [1.165, 1.54) is 4.90 Å². The number of nitrogens with zero attached hydrogens (tertiary/aromatic N) is 4. The smallest absolute Gasteiger partial charge is 0.255 e. The number of aromatic nitrogens is 3. The summed E-state index contributed by atoms with van der Waals surface area (Å²) >= 11 is 0. The van der Waals surface area contributed by atoms with Gasteiger partial charge in [0.25, 0.3) is 5.91 Å². The quantitative estimate of drug-likeness (QED) is 0.620. The molecule has 2 aliphatic heterocycles. The molecule has 2 aliphatic rings. The fourth-order valence-electron chi connectivity index (χ4n) is 4.18. The zero-order chi connectivity index (χ0) is 22.2. The predicted molar refractivity (Wildman–Crippen MR) is 114 cm³/mol. The van der Waals surface area contributed by atoms with Gasteiger partial charge in [-0.2, -0.15) is 0 Å². The van der Waals surface area contributed by atoms with Gasteiger partial charge in [-0.05, 0) is 49.2 Å². The van der Waals surface area contributed by atoms with Crippen LogP contribution in [0.2, 0.25) is 0 Å². The van der Waals surface area contributed by atoms with Gasteiger partial charge in [-0.15, -0.1) is 5.10 Å². The number of nitrogens with one attached hydrogen (secondary N) is 1. The Morgan fingerprint density at radius 2 is 1.97 bits per heavy atom. The van der Waals surface area contributed by atoms with E-state index in [-0.39, 0.29) is 18.2 Å². The number of benzene rings is 2. The summed E-state index contributed by atoms with van der Waals surface area (Å²) in [7, 11) is 0. The molecule has 0 spiro atoms. The highest BCUT2D eigenvalue weighted by Gasteiger charge is 2.39. The number of rotatable bonds is 5. The molecule has 1 aromatic heterocycles. The van der Waals surface area contributed by atoms with Crippen molar-refractivity contribution in [1.82, 2.24) is 25.2 Å². The van der Waals surface area contributed by atoms with E-state index in [0.717, 1.165) is 22.6 Å². The fourth-order valence-corrected chi connectivity index (χ4v) is 4.18. The number of piperidine rings is 1. The highest BCUT2D eigenvalue weighted by atomic mass is 16.5. The number of ether oxygens (including phenoxy) is 1. The molecule has 0 bridgehead atoms. The van der Waals surface area contributed by atoms with Gasteiger partial charge in [-0.3, -0.25) is 19.7 Å². The third-order valence-corrected chi connectivity index (χ3v) is 5.73. The van der Waals surface area contributed by atoms with Crippen molar-refractivity contribution < 1.29 is 19.1 Å². The lowest BCUT2D eigenvalue weighted by Gasteiger charge is -2.29. The highest BCUT2D eigenvalue weighted by molar-refractivity contribution is 6.05. The predicted octanol–water partition coefficient (Wildman–Crippen LogP) is 2.09. The van der Waals surface area contributed by atoms with Gasteiger partial charge in [0, 0.05) is 24.1 Å². The Labute approximate surface area is 184 Å². The molecule has 3 heterocycles. The van der Waals surface area contributed by atoms with Crippen molar-refractivity contribution in [3.05, 3.63) is 59.8 Å². The van der Waals surface area contributed by atoms with Gasteiger partial charge in [-0.25, -0.2) is 4.68 Å². The van der Waals surface area contributed by atoms with Crippen molar-refractivity contribution in [2.45, 2.75) is 32.4 Å². The van der Waals surface area contributed by atoms with E-state index >= 15 is 0 Å². The molecule has 32 heavy (non-hydrogen) atoms. The van der Waals surface area contributed by atoms with Crippen molar-refractivity contribution in [3.8, 4) is 22.7 Å². The molecule has 3 aromatic rings. The van der Waals surface area contributed by atoms with Crippen LogP contribution in [-0.2, 0) is 16.1 Å². The Balaban J connectivity index is 1.41. The first kappa shape index (κ1) is 19.9. The van der Waals surface area contributed by atoms with Gasteiger partial charge < -0.3 is 9.64 Å². The monoisotopic (exact) mass is 431 g/mol. The lowest BCUT2D eigenvalue weighted by molar-refractivity contribution is -0.136. The SMILES string of the molecule is CCOc1ccccc1-c1cn(-c2ccc3c(c2)CN(C2CCC(=O)NC2=O)C3=O)nn1. The van der Waals surface area contributed by atoms with Crippen LogP contribution in [0.25, 0.3) is 16.9 Å². The van der Waals surface area contributed by atoms with E-state index in [4.69, 9.17) is 4.74 Å². The molecule has 2 aromatic carbocycles. The Bertz CT molecular complexity index is 1230. The maximum Gasteiger partial charge on any atom is 0.255 e. The molecule has 3 amide bonds. The van der Waals surface area contributed by atoms with Gasteiger partial charge >= 0.3 is 0 Å². The van der Waals surface area contributed by atoms with Crippen molar-refractivity contribution in [2.24, 2.45) is 0 Å². The van der Waals surface area contributed by atoms with Crippen LogP contribution >= 0.6 is 0 Å². The Kier molecular flexibility index (Phi) is 4.93. The number of hydrogen-bond acceptors (Lipinski definition) is 6. The summed E-state index contributed by atoms with van der Waals surface area (Å²) in [5, 5.41) is 10.9. The lowest BCUT2D eigenvalue weighted by atomic mass is 10.0. The van der Waals surface area contributed by atoms with Crippen molar-refractivity contribution in [1.29, 1.82) is 0 Å². The number of imide groups is 1. The number of carbonyl (C=O) groups excluding carboxylic acids is 3. The minimum absolute atomic E-state index is 0.203. The summed E-state index contributed by atoms with van der Waals surface area (Å²) in [6, 6.07) is 12.4. The Hall–Kier alpha value is -4.01. The minimum atomic E-state index is -0.635. The first-order valence-electron chi connectivity index (χ1n) is 10.5. The number of para-hydroxylation sites is 1. The molecule has 9 nitrogen and oxygen atoms in total. The number of amides is 3. The highest BCUT2D eigenvalue weighted by Crippen LogP contribution is 2.31. The van der Waals surface area contributed by atoms with Crippen molar-refractivity contribution in [3.63, 3.8) is 0 Å². The summed E-state index contributed by atoms with van der Waals surface area (Å²) in [6.45, 7) is 2.79. The lowest BCUT2D eigenvalue weighted by Crippen LogP contribution is -2.52. The second-order valence-corrected chi connectivity index (χ2v) is 7.72. The number of carbonyl (C=O) groups is 3. The summed E-state index contributed by atoms with van der Waals surface area (Å²) in [6.07, 6.45) is 2.38. The zero-order valence-corrected chi connectivity index (χ0v) is 17.4. The molecule has 5 rings (SSSR count). The van der Waals surface area contributed by atoms with E-state index in [2.05, 4.69) is 15.6 Å². The molecule has 1 saturated heterocycles. The molecule has 1 atom stereocenters. The molecule has 1 fully saturated rings. The van der Waals surface area contributed by atoms with Crippen LogP contribution in [0.15, 0.2) is 48.7 Å². The van der Waals surface area contributed by atoms with Crippen LogP contribution in [0, 0.1) is 0 Å². The molecule has 1 unspecified atom stereocenters. The molecule has 0 aliphatic carbocycles. The average Bonchev–Trinajstić information content (AvgIpc) is 3.40. The van der Waals surface area contributed by atoms with Crippen LogP contribution in [0.4, 0.5) is 0 Å². The van der Waals surface area contributed by atoms with E-state index < -0.39 is 11.9 Å². The summed E-state index contributed by atoms with van der Waals surface area (Å²) < 4.78 is 7.34. The molecule has 9 heteroatoms. The number of hydrogen-bond donors (Lipinski definition) is 1. The third kappa shape index (κ3) is 3.41. The first-order valence-corrected chi connectivity index (χ1v) is 10.5. The van der Waals surface area contributed by atoms with E-state index in [9.17, 15) is 14.4 Å². The van der Waals surface area contributed by atoms with Crippen LogP contribution in [-0.4, -0.2) is 50.3 Å². The maximum atomic E-state index is 12.9. The molecule has 162 valence electrons. The fraction of sp³-hybridized carbons (Fsp3) is 0.261. The molecule has 0 saturated carbocycles. The standard InChI is InChI=1S/C23H21N5O4/c1-2-32-20-6-4-3-5-17(20)18-13-28(26-25-18)15-7-8-16-14(11-15)12-27(23(16)31)19-9-10-21(29)24-22(19)30/h3-8,11,13,19H,2,9-10,12H2,1H3,(H,24,29,30). The second-order valence-electron chi connectivity index (χ2n) is 7.72. The Morgan fingerprint density at radius 1 is 1.12 bits per heavy atom. The normalized spacial score (nSPS) is 18.0. The molecular formula is C23H21N5O4. The van der Waals surface area contributed by atoms with Crippen molar-refractivity contribution >= 4 is 17.7 Å². The Morgan fingerprint density at radius 3 is 2.78 bits per heavy atom. The van der Waals surface area contributed by atoms with E-state index in [1.807, 2.05) is 43.5 Å². The van der Waals surface area contributed by atoms with E-state index in [1.54, 1.807) is 16.8 Å². The largest absolute Gasteiger partial charge is 0.493 e. The summed E-state index contributed by atoms with van der Waals surface area (Å²) in [5.74, 6) is -0.186. The van der Waals surface area contributed by atoms with Gasteiger partial charge in [-0.1, -0.05) is 17.3 Å². The van der Waals surface area contributed by atoms with Crippen molar-refractivity contribution in [2.75, 3.05) is 6.61 Å². The minimum Gasteiger partial charge on any atom is -0.493 e. The van der Waals surface area contributed by atoms with Crippen LogP contribution in [0.5, 0.6) is 5.75 Å².